The van der Waals surface area contributed by atoms with Crippen LogP contribution in [0, 0.1) is 0 Å². The van der Waals surface area contributed by atoms with Crippen LogP contribution in [0.3, 0.4) is 0 Å². The molecule has 2 heteroatoms. The van der Waals surface area contributed by atoms with Crippen molar-refractivity contribution in [2.75, 3.05) is 19.6 Å². The summed E-state index contributed by atoms with van der Waals surface area (Å²) in [4.78, 5) is 2.68. The predicted octanol–water partition coefficient (Wildman–Crippen LogP) is 3.01. The molecule has 2 nitrogen and oxygen atoms in total. The molecule has 2 saturated heterocycles. The van der Waals surface area contributed by atoms with Crippen molar-refractivity contribution in [2.45, 2.75) is 50.6 Å². The van der Waals surface area contributed by atoms with Crippen molar-refractivity contribution in [3.8, 4) is 0 Å². The molecule has 1 N–H and O–H groups in total. The third-order valence-electron chi connectivity index (χ3n) is 4.85. The Hall–Kier alpha value is -0.860. The van der Waals surface area contributed by atoms with Gasteiger partial charge in [0, 0.05) is 18.6 Å². The molecule has 3 rings (SSSR count). The Bertz CT molecular complexity index is 390. The zero-order valence-electron chi connectivity index (χ0n) is 12.0. The molecule has 2 heterocycles. The maximum atomic E-state index is 3.76. The molecule has 2 fully saturated rings. The zero-order chi connectivity index (χ0) is 13.1. The van der Waals surface area contributed by atoms with Gasteiger partial charge in [0.2, 0.25) is 0 Å². The van der Waals surface area contributed by atoms with E-state index in [0.29, 0.717) is 5.92 Å². The summed E-state index contributed by atoms with van der Waals surface area (Å²) in [5, 5.41) is 3.76. The maximum absolute atomic E-state index is 3.76. The van der Waals surface area contributed by atoms with Gasteiger partial charge in [-0.1, -0.05) is 37.3 Å². The normalized spacial score (nSPS) is 29.1. The molecule has 1 aromatic rings. The number of nitrogens with zero attached hydrogens (tertiary/aromatic N) is 1. The Kier molecular flexibility index (Phi) is 4.19. The standard InChI is InChI=1S/C17H26N2/c1-14(15-5-3-2-4-6-15)9-11-19-12-10-16-7-8-17(13-19)18-16/h2-6,14,16-18H,7-13H2,1H3. The Labute approximate surface area is 117 Å². The Morgan fingerprint density at radius 3 is 2.79 bits per heavy atom. The van der Waals surface area contributed by atoms with E-state index >= 15 is 0 Å². The number of nitrogens with one attached hydrogen (secondary N) is 1. The number of benzene rings is 1. The van der Waals surface area contributed by atoms with E-state index in [9.17, 15) is 0 Å². The summed E-state index contributed by atoms with van der Waals surface area (Å²) in [6, 6.07) is 12.5. The average Bonchev–Trinajstić information content (AvgIpc) is 2.78. The lowest BCUT2D eigenvalue weighted by atomic mass is 9.97. The summed E-state index contributed by atoms with van der Waals surface area (Å²) < 4.78 is 0. The quantitative estimate of drug-likeness (QED) is 0.893. The lowest BCUT2D eigenvalue weighted by Gasteiger charge is -2.25. The minimum absolute atomic E-state index is 0.676. The zero-order valence-corrected chi connectivity index (χ0v) is 12.0. The molecule has 2 bridgehead atoms. The van der Waals surface area contributed by atoms with Crippen LogP contribution in [-0.2, 0) is 0 Å². The molecule has 0 spiro atoms. The lowest BCUT2D eigenvalue weighted by molar-refractivity contribution is 0.251. The Morgan fingerprint density at radius 2 is 1.95 bits per heavy atom. The Morgan fingerprint density at radius 1 is 1.16 bits per heavy atom. The van der Waals surface area contributed by atoms with Crippen LogP contribution in [0.2, 0.25) is 0 Å². The second kappa shape index (κ2) is 6.06. The smallest absolute Gasteiger partial charge is 0.0198 e. The number of hydrogen-bond acceptors (Lipinski definition) is 2. The van der Waals surface area contributed by atoms with E-state index in [4.69, 9.17) is 0 Å². The van der Waals surface area contributed by atoms with Crippen molar-refractivity contribution < 1.29 is 0 Å². The van der Waals surface area contributed by atoms with Crippen LogP contribution in [0.5, 0.6) is 0 Å². The van der Waals surface area contributed by atoms with Crippen molar-refractivity contribution in [2.24, 2.45) is 0 Å². The fourth-order valence-corrected chi connectivity index (χ4v) is 3.54. The summed E-state index contributed by atoms with van der Waals surface area (Å²) in [5.41, 5.74) is 1.48. The molecule has 19 heavy (non-hydrogen) atoms. The van der Waals surface area contributed by atoms with Crippen molar-refractivity contribution in [1.29, 1.82) is 0 Å². The summed E-state index contributed by atoms with van der Waals surface area (Å²) in [5.74, 6) is 0.676. The minimum Gasteiger partial charge on any atom is -0.310 e. The average molecular weight is 258 g/mol. The second-order valence-corrected chi connectivity index (χ2v) is 6.33. The first-order chi connectivity index (χ1) is 9.31. The van der Waals surface area contributed by atoms with Crippen molar-refractivity contribution in [3.05, 3.63) is 35.9 Å². The van der Waals surface area contributed by atoms with Gasteiger partial charge in [-0.15, -0.1) is 0 Å². The van der Waals surface area contributed by atoms with Crippen LogP contribution in [0.25, 0.3) is 0 Å². The van der Waals surface area contributed by atoms with E-state index in [1.54, 1.807) is 0 Å². The second-order valence-electron chi connectivity index (χ2n) is 6.33. The number of likely N-dealkylation sites (tertiary alicyclic amines) is 1. The molecule has 104 valence electrons. The molecule has 3 unspecified atom stereocenters. The van der Waals surface area contributed by atoms with Gasteiger partial charge in [0.05, 0.1) is 0 Å². The fourth-order valence-electron chi connectivity index (χ4n) is 3.54. The third kappa shape index (κ3) is 3.37. The molecule has 0 radical (unpaired) electrons. The van der Waals surface area contributed by atoms with Crippen LogP contribution in [0.4, 0.5) is 0 Å². The molecule has 0 saturated carbocycles. The maximum Gasteiger partial charge on any atom is 0.0198 e. The summed E-state index contributed by atoms with van der Waals surface area (Å²) in [7, 11) is 0. The van der Waals surface area contributed by atoms with Crippen molar-refractivity contribution in [1.82, 2.24) is 10.2 Å². The van der Waals surface area contributed by atoms with E-state index in [-0.39, 0.29) is 0 Å². The highest BCUT2D eigenvalue weighted by Gasteiger charge is 2.28. The van der Waals surface area contributed by atoms with E-state index in [1.165, 1.54) is 50.9 Å². The Balaban J connectivity index is 1.49. The molecule has 0 amide bonds. The molecule has 0 aromatic heterocycles. The van der Waals surface area contributed by atoms with Crippen molar-refractivity contribution >= 4 is 0 Å². The van der Waals surface area contributed by atoms with Crippen LogP contribution in [0.1, 0.15) is 44.1 Å². The van der Waals surface area contributed by atoms with Gasteiger partial charge < -0.3 is 10.2 Å². The summed E-state index contributed by atoms with van der Waals surface area (Å²) in [6.07, 6.45) is 5.41. The number of hydrogen-bond donors (Lipinski definition) is 1. The van der Waals surface area contributed by atoms with Crippen LogP contribution < -0.4 is 5.32 Å². The molecule has 0 aliphatic carbocycles. The van der Waals surface area contributed by atoms with Gasteiger partial charge in [-0.05, 0) is 50.3 Å². The largest absolute Gasteiger partial charge is 0.310 e. The predicted molar refractivity (Wildman–Crippen MR) is 80.5 cm³/mol. The highest BCUT2D eigenvalue weighted by molar-refractivity contribution is 5.18. The summed E-state index contributed by atoms with van der Waals surface area (Å²) in [6.45, 7) is 6.16. The van der Waals surface area contributed by atoms with E-state index < -0.39 is 0 Å². The van der Waals surface area contributed by atoms with Crippen LogP contribution in [0.15, 0.2) is 30.3 Å². The van der Waals surface area contributed by atoms with Crippen molar-refractivity contribution in [3.63, 3.8) is 0 Å². The SMILES string of the molecule is CC(CCN1CCC2CCC(C1)N2)c1ccccc1. The minimum atomic E-state index is 0.676. The van der Waals surface area contributed by atoms with Gasteiger partial charge >= 0.3 is 0 Å². The van der Waals surface area contributed by atoms with Crippen LogP contribution in [-0.4, -0.2) is 36.6 Å². The number of fused-ring (bicyclic) bond motifs is 2. The van der Waals surface area contributed by atoms with E-state index in [0.717, 1.165) is 12.1 Å². The first-order valence-corrected chi connectivity index (χ1v) is 7.84. The van der Waals surface area contributed by atoms with Gasteiger partial charge in [0.15, 0.2) is 0 Å². The first kappa shape index (κ1) is 13.1. The molecule has 2 aliphatic heterocycles. The van der Waals surface area contributed by atoms with Gasteiger partial charge in [0.1, 0.15) is 0 Å². The highest BCUT2D eigenvalue weighted by Crippen LogP contribution is 2.23. The van der Waals surface area contributed by atoms with E-state index in [2.05, 4.69) is 47.5 Å². The topological polar surface area (TPSA) is 15.3 Å². The molecule has 2 aliphatic rings. The molecular formula is C17H26N2. The van der Waals surface area contributed by atoms with Gasteiger partial charge in [-0.3, -0.25) is 0 Å². The van der Waals surface area contributed by atoms with E-state index in [1.807, 2.05) is 0 Å². The highest BCUT2D eigenvalue weighted by atomic mass is 15.2. The monoisotopic (exact) mass is 258 g/mol. The first-order valence-electron chi connectivity index (χ1n) is 7.84. The number of rotatable bonds is 4. The molecule has 1 aromatic carbocycles. The summed E-state index contributed by atoms with van der Waals surface area (Å²) >= 11 is 0. The third-order valence-corrected chi connectivity index (χ3v) is 4.85. The van der Waals surface area contributed by atoms with Gasteiger partial charge in [0.25, 0.3) is 0 Å². The molecular weight excluding hydrogens is 232 g/mol. The van der Waals surface area contributed by atoms with Crippen LogP contribution >= 0.6 is 0 Å². The fraction of sp³-hybridized carbons (Fsp3) is 0.647. The van der Waals surface area contributed by atoms with Gasteiger partial charge in [-0.25, -0.2) is 0 Å². The molecule has 3 atom stereocenters. The lowest BCUT2D eigenvalue weighted by Crippen LogP contribution is -2.36. The van der Waals surface area contributed by atoms with Gasteiger partial charge in [-0.2, -0.15) is 0 Å².